The van der Waals surface area contributed by atoms with Gasteiger partial charge in [0, 0.05) is 38.7 Å². The molecule has 0 saturated carbocycles. The summed E-state index contributed by atoms with van der Waals surface area (Å²) in [5, 5.41) is 11.1. The molecule has 2 rings (SSSR count). The van der Waals surface area contributed by atoms with Crippen LogP contribution >= 0.6 is 0 Å². The Balaban J connectivity index is 1.70. The number of esters is 1. The third-order valence-corrected chi connectivity index (χ3v) is 6.39. The third kappa shape index (κ3) is 13.4. The van der Waals surface area contributed by atoms with Crippen molar-refractivity contribution in [3.63, 3.8) is 0 Å². The molecule has 234 valence electrons. The molecule has 14 nitrogen and oxygen atoms in total. The summed E-state index contributed by atoms with van der Waals surface area (Å²) in [6.07, 6.45) is 3.08. The van der Waals surface area contributed by atoms with Crippen LogP contribution in [-0.2, 0) is 55.8 Å². The van der Waals surface area contributed by atoms with Crippen LogP contribution in [0.2, 0.25) is 0 Å². The summed E-state index contributed by atoms with van der Waals surface area (Å²) in [7, 11) is 1.27. The van der Waals surface area contributed by atoms with Gasteiger partial charge in [-0.05, 0) is 37.3 Å². The maximum atomic E-state index is 12.8. The first-order chi connectivity index (χ1) is 20.2. The van der Waals surface area contributed by atoms with Crippen LogP contribution in [0.5, 0.6) is 0 Å². The number of pyridine rings is 1. The number of nitrogens with zero attached hydrogens (tertiary/aromatic N) is 3. The molecule has 2 heterocycles. The number of carbonyl (C=O) groups is 5. The van der Waals surface area contributed by atoms with E-state index in [1.807, 2.05) is 12.1 Å². The molecule has 0 atom stereocenters. The molecule has 3 amide bonds. The summed E-state index contributed by atoms with van der Waals surface area (Å²) in [5.41, 5.74) is 1.85. The molecule has 0 fully saturated rings. The molecule has 0 radical (unpaired) electrons. The molecule has 0 unspecified atom stereocenters. The van der Waals surface area contributed by atoms with Crippen LogP contribution in [0.1, 0.15) is 43.9 Å². The van der Waals surface area contributed by atoms with Crippen molar-refractivity contribution in [3.05, 3.63) is 23.4 Å². The lowest BCUT2D eigenvalue weighted by molar-refractivity contribution is -0.143. The van der Waals surface area contributed by atoms with Gasteiger partial charge in [0.25, 0.3) is 0 Å². The zero-order valence-electron chi connectivity index (χ0n) is 24.4. The lowest BCUT2D eigenvalue weighted by atomic mass is 10.0. The Kier molecular flexibility index (Phi) is 16.0. The highest BCUT2D eigenvalue weighted by molar-refractivity contribution is 5.91. The van der Waals surface area contributed by atoms with Crippen LogP contribution in [0.15, 0.2) is 12.1 Å². The van der Waals surface area contributed by atoms with Crippen LogP contribution in [0.25, 0.3) is 0 Å². The number of fused-ring (bicyclic) bond motifs is 1. The van der Waals surface area contributed by atoms with E-state index >= 15 is 0 Å². The van der Waals surface area contributed by atoms with Crippen molar-refractivity contribution in [2.24, 2.45) is 0 Å². The van der Waals surface area contributed by atoms with Gasteiger partial charge in [0.1, 0.15) is 12.4 Å². The third-order valence-electron chi connectivity index (χ3n) is 6.39. The Labute approximate surface area is 245 Å². The van der Waals surface area contributed by atoms with Crippen molar-refractivity contribution in [3.8, 4) is 0 Å². The number of nitrogens with one attached hydrogen (secondary N) is 1. The number of aryl methyl sites for hydroxylation is 2. The first-order valence-corrected chi connectivity index (χ1v) is 14.0. The standard InChI is InChI=1S/C28H42N4O10/c1-21(33)32-11-4-5-22-8-9-23(30-28(22)32)6-3-7-24(34)29-19-25(35)31(12-10-27(38)39-2)13-14-40-15-16-41-17-18-42-20-26(36)37/h8-9H,3-7,10-20H2,1-2H3,(H,29,34)(H,36,37). The molecule has 1 aliphatic heterocycles. The second-order valence-corrected chi connectivity index (χ2v) is 9.57. The fourth-order valence-electron chi connectivity index (χ4n) is 4.19. The van der Waals surface area contributed by atoms with Gasteiger partial charge in [-0.2, -0.15) is 0 Å². The van der Waals surface area contributed by atoms with Crippen molar-refractivity contribution < 1.29 is 48.0 Å². The molecule has 1 aromatic rings. The average molecular weight is 595 g/mol. The Morgan fingerprint density at radius 2 is 1.71 bits per heavy atom. The number of carbonyl (C=O) groups excluding carboxylic acids is 4. The molecule has 0 saturated heterocycles. The molecular weight excluding hydrogens is 552 g/mol. The van der Waals surface area contributed by atoms with E-state index in [4.69, 9.17) is 19.3 Å². The van der Waals surface area contributed by atoms with Crippen LogP contribution in [0.4, 0.5) is 5.82 Å². The van der Waals surface area contributed by atoms with Gasteiger partial charge in [0.15, 0.2) is 0 Å². The average Bonchev–Trinajstić information content (AvgIpc) is 2.97. The fourth-order valence-corrected chi connectivity index (χ4v) is 4.19. The van der Waals surface area contributed by atoms with Gasteiger partial charge in [0.2, 0.25) is 17.7 Å². The van der Waals surface area contributed by atoms with Crippen LogP contribution in [-0.4, -0.2) is 118 Å². The summed E-state index contributed by atoms with van der Waals surface area (Å²) in [5.74, 6) is -1.48. The van der Waals surface area contributed by atoms with Gasteiger partial charge in [-0.1, -0.05) is 6.07 Å². The number of rotatable bonds is 20. The van der Waals surface area contributed by atoms with E-state index < -0.39 is 11.9 Å². The molecule has 2 N–H and O–H groups in total. The van der Waals surface area contributed by atoms with Crippen molar-refractivity contribution in [1.82, 2.24) is 15.2 Å². The SMILES string of the molecule is COC(=O)CCN(CCOCCOCCOCC(=O)O)C(=O)CNC(=O)CCCc1ccc2c(n1)N(C(C)=O)CCC2. The number of carboxylic acid groups (broad SMARTS) is 1. The predicted octanol–water partition coefficient (Wildman–Crippen LogP) is 0.346. The number of hydrogen-bond donors (Lipinski definition) is 2. The number of carboxylic acids is 1. The van der Waals surface area contributed by atoms with Crippen molar-refractivity contribution in [2.75, 3.05) is 77.8 Å². The number of amides is 3. The molecule has 14 heteroatoms. The van der Waals surface area contributed by atoms with Crippen molar-refractivity contribution in [2.45, 2.75) is 45.4 Å². The van der Waals surface area contributed by atoms with Crippen LogP contribution in [0, 0.1) is 0 Å². The molecule has 1 aromatic heterocycles. The highest BCUT2D eigenvalue weighted by Gasteiger charge is 2.22. The topological polar surface area (TPSA) is 174 Å². The summed E-state index contributed by atoms with van der Waals surface area (Å²) >= 11 is 0. The van der Waals surface area contributed by atoms with Crippen LogP contribution in [0.3, 0.4) is 0 Å². The minimum Gasteiger partial charge on any atom is -0.480 e. The van der Waals surface area contributed by atoms with E-state index in [-0.39, 0.29) is 89.8 Å². The number of hydrogen-bond acceptors (Lipinski definition) is 10. The number of ether oxygens (including phenoxy) is 4. The summed E-state index contributed by atoms with van der Waals surface area (Å²) in [6.45, 7) is 2.97. The Morgan fingerprint density at radius 3 is 2.40 bits per heavy atom. The number of aromatic nitrogens is 1. The van der Waals surface area contributed by atoms with E-state index in [0.29, 0.717) is 25.2 Å². The Hall–Kier alpha value is -3.62. The quantitative estimate of drug-likeness (QED) is 0.157. The lowest BCUT2D eigenvalue weighted by Crippen LogP contribution is -2.42. The van der Waals surface area contributed by atoms with E-state index in [2.05, 4.69) is 15.0 Å². The van der Waals surface area contributed by atoms with E-state index in [9.17, 15) is 24.0 Å². The second kappa shape index (κ2) is 19.5. The monoisotopic (exact) mass is 594 g/mol. The molecule has 0 aromatic carbocycles. The normalized spacial score (nSPS) is 12.4. The van der Waals surface area contributed by atoms with Gasteiger partial charge >= 0.3 is 11.9 Å². The maximum Gasteiger partial charge on any atom is 0.329 e. The van der Waals surface area contributed by atoms with Gasteiger partial charge in [-0.15, -0.1) is 0 Å². The number of aliphatic carboxylic acids is 1. The van der Waals surface area contributed by atoms with Crippen molar-refractivity contribution >= 4 is 35.5 Å². The highest BCUT2D eigenvalue weighted by atomic mass is 16.5. The maximum absolute atomic E-state index is 12.8. The minimum atomic E-state index is -1.05. The second-order valence-electron chi connectivity index (χ2n) is 9.57. The predicted molar refractivity (Wildman–Crippen MR) is 150 cm³/mol. The van der Waals surface area contributed by atoms with Gasteiger partial charge in [-0.25, -0.2) is 9.78 Å². The molecule has 0 spiro atoms. The van der Waals surface area contributed by atoms with E-state index in [1.54, 1.807) is 4.90 Å². The fraction of sp³-hybridized carbons (Fsp3) is 0.643. The molecule has 0 aliphatic carbocycles. The largest absolute Gasteiger partial charge is 0.480 e. The first kappa shape index (κ1) is 34.6. The zero-order chi connectivity index (χ0) is 30.7. The highest BCUT2D eigenvalue weighted by Crippen LogP contribution is 2.25. The Bertz CT molecular complexity index is 1050. The summed E-state index contributed by atoms with van der Waals surface area (Å²) < 4.78 is 20.3. The van der Waals surface area contributed by atoms with E-state index in [1.165, 1.54) is 18.9 Å². The molecule has 1 aliphatic rings. The Morgan fingerprint density at radius 1 is 1.00 bits per heavy atom. The summed E-state index contributed by atoms with van der Waals surface area (Å²) in [6, 6.07) is 3.92. The number of methoxy groups -OCH3 is 1. The minimum absolute atomic E-state index is 0.00444. The van der Waals surface area contributed by atoms with Crippen LogP contribution < -0.4 is 10.2 Å². The van der Waals surface area contributed by atoms with Crippen molar-refractivity contribution in [1.29, 1.82) is 0 Å². The van der Waals surface area contributed by atoms with Gasteiger partial charge in [0.05, 0.1) is 53.1 Å². The van der Waals surface area contributed by atoms with E-state index in [0.717, 1.165) is 24.1 Å². The van der Waals surface area contributed by atoms with Gasteiger partial charge in [-0.3, -0.25) is 24.1 Å². The molecule has 0 bridgehead atoms. The number of anilines is 1. The molecular formula is C28H42N4O10. The zero-order valence-corrected chi connectivity index (χ0v) is 24.4. The summed E-state index contributed by atoms with van der Waals surface area (Å²) in [4.78, 5) is 66.8. The smallest absolute Gasteiger partial charge is 0.329 e. The lowest BCUT2D eigenvalue weighted by Gasteiger charge is -2.27. The first-order valence-electron chi connectivity index (χ1n) is 14.0. The molecule has 42 heavy (non-hydrogen) atoms. The van der Waals surface area contributed by atoms with Gasteiger partial charge < -0.3 is 34.3 Å².